The van der Waals surface area contributed by atoms with Gasteiger partial charge in [-0.2, -0.15) is 0 Å². The minimum Gasteiger partial charge on any atom is -0.497 e. The van der Waals surface area contributed by atoms with Gasteiger partial charge in [-0.15, -0.1) is 0 Å². The fraction of sp³-hybridized carbons (Fsp3) is 0.533. The maximum atomic E-state index is 11.4. The number of carbonyl (C=O) groups is 1. The molecule has 1 aliphatic carbocycles. The highest BCUT2D eigenvalue weighted by Gasteiger charge is 2.21. The molecule has 2 rings (SSSR count). The van der Waals surface area contributed by atoms with E-state index in [1.807, 2.05) is 13.0 Å². The van der Waals surface area contributed by atoms with Crippen LogP contribution in [-0.4, -0.2) is 26.2 Å². The molecule has 0 spiro atoms. The molecule has 0 aliphatic heterocycles. The van der Waals surface area contributed by atoms with E-state index in [2.05, 4.69) is 17.4 Å². The highest BCUT2D eigenvalue weighted by molar-refractivity contribution is 5.71. The Kier molecular flexibility index (Phi) is 4.80. The van der Waals surface area contributed by atoms with Crippen LogP contribution in [-0.2, 0) is 16.0 Å². The van der Waals surface area contributed by atoms with Gasteiger partial charge in [-0.25, -0.2) is 0 Å². The van der Waals surface area contributed by atoms with Gasteiger partial charge in [-0.05, 0) is 49.4 Å². The number of esters is 1. The Hall–Kier alpha value is -1.55. The lowest BCUT2D eigenvalue weighted by Crippen LogP contribution is -2.31. The summed E-state index contributed by atoms with van der Waals surface area (Å²) >= 11 is 0. The van der Waals surface area contributed by atoms with Crippen molar-refractivity contribution in [3.8, 4) is 5.75 Å². The number of nitrogens with one attached hydrogen (secondary N) is 1. The molecule has 1 aromatic rings. The Morgan fingerprint density at radius 1 is 1.47 bits per heavy atom. The summed E-state index contributed by atoms with van der Waals surface area (Å²) in [7, 11) is 1.68. The van der Waals surface area contributed by atoms with Gasteiger partial charge in [0.1, 0.15) is 5.75 Å². The van der Waals surface area contributed by atoms with Crippen LogP contribution in [0, 0.1) is 0 Å². The van der Waals surface area contributed by atoms with Gasteiger partial charge in [-0.3, -0.25) is 4.79 Å². The van der Waals surface area contributed by atoms with E-state index in [-0.39, 0.29) is 18.6 Å². The summed E-state index contributed by atoms with van der Waals surface area (Å²) in [6.07, 6.45) is 3.25. The lowest BCUT2D eigenvalue weighted by molar-refractivity contribution is -0.142. The van der Waals surface area contributed by atoms with Gasteiger partial charge in [0.15, 0.2) is 0 Å². The molecule has 104 valence electrons. The molecule has 0 radical (unpaired) electrons. The second-order valence-electron chi connectivity index (χ2n) is 4.70. The largest absolute Gasteiger partial charge is 0.497 e. The molecule has 4 nitrogen and oxygen atoms in total. The first-order chi connectivity index (χ1) is 9.24. The summed E-state index contributed by atoms with van der Waals surface area (Å²) in [5.41, 5.74) is 2.59. The summed E-state index contributed by atoms with van der Waals surface area (Å²) in [6.45, 7) is 2.52. The molecular weight excluding hydrogens is 242 g/mol. The number of rotatable bonds is 5. The number of hydrogen-bond acceptors (Lipinski definition) is 4. The van der Waals surface area contributed by atoms with Gasteiger partial charge < -0.3 is 14.8 Å². The zero-order chi connectivity index (χ0) is 13.7. The molecule has 1 N–H and O–H groups in total. The number of aryl methyl sites for hydroxylation is 1. The van der Waals surface area contributed by atoms with Crippen molar-refractivity contribution in [2.24, 2.45) is 0 Å². The number of ether oxygens (including phenoxy) is 2. The second-order valence-corrected chi connectivity index (χ2v) is 4.70. The minimum absolute atomic E-state index is 0.192. The predicted octanol–water partition coefficient (Wildman–Crippen LogP) is 2.23. The molecule has 1 atom stereocenters. The van der Waals surface area contributed by atoms with E-state index in [1.54, 1.807) is 7.11 Å². The van der Waals surface area contributed by atoms with Crippen LogP contribution in [0.3, 0.4) is 0 Å². The smallest absolute Gasteiger partial charge is 0.319 e. The molecule has 1 aliphatic rings. The van der Waals surface area contributed by atoms with Crippen molar-refractivity contribution in [3.63, 3.8) is 0 Å². The summed E-state index contributed by atoms with van der Waals surface area (Å²) in [5, 5.41) is 3.28. The molecule has 19 heavy (non-hydrogen) atoms. The molecule has 4 heteroatoms. The van der Waals surface area contributed by atoms with Crippen LogP contribution in [0.25, 0.3) is 0 Å². The van der Waals surface area contributed by atoms with Crippen molar-refractivity contribution < 1.29 is 14.3 Å². The highest BCUT2D eigenvalue weighted by atomic mass is 16.5. The van der Waals surface area contributed by atoms with Gasteiger partial charge in [-0.1, -0.05) is 6.07 Å². The second kappa shape index (κ2) is 6.57. The van der Waals surface area contributed by atoms with E-state index < -0.39 is 0 Å². The summed E-state index contributed by atoms with van der Waals surface area (Å²) < 4.78 is 10.2. The summed E-state index contributed by atoms with van der Waals surface area (Å²) in [6, 6.07) is 6.39. The van der Waals surface area contributed by atoms with Crippen LogP contribution >= 0.6 is 0 Å². The SMILES string of the molecule is CCOC(=O)CNC1CCCc2cc(OC)ccc21. The Labute approximate surface area is 114 Å². The molecule has 1 aromatic carbocycles. The third-order valence-electron chi connectivity index (χ3n) is 3.46. The fourth-order valence-corrected chi connectivity index (χ4v) is 2.55. The van der Waals surface area contributed by atoms with Gasteiger partial charge in [0.05, 0.1) is 20.3 Å². The standard InChI is InChI=1S/C15H21NO3/c1-3-19-15(17)10-16-14-6-4-5-11-9-12(18-2)7-8-13(11)14/h7-9,14,16H,3-6,10H2,1-2H3. The van der Waals surface area contributed by atoms with Crippen LogP contribution in [0.15, 0.2) is 18.2 Å². The van der Waals surface area contributed by atoms with Crippen LogP contribution in [0.4, 0.5) is 0 Å². The molecule has 0 heterocycles. The molecule has 0 fully saturated rings. The molecule has 0 amide bonds. The molecule has 0 saturated carbocycles. The average molecular weight is 263 g/mol. The average Bonchev–Trinajstić information content (AvgIpc) is 2.44. The van der Waals surface area contributed by atoms with Crippen molar-refractivity contribution >= 4 is 5.97 Å². The quantitative estimate of drug-likeness (QED) is 0.828. The molecular formula is C15H21NO3. The van der Waals surface area contributed by atoms with Crippen LogP contribution in [0.5, 0.6) is 5.75 Å². The van der Waals surface area contributed by atoms with E-state index in [0.29, 0.717) is 6.61 Å². The third-order valence-corrected chi connectivity index (χ3v) is 3.46. The van der Waals surface area contributed by atoms with E-state index in [1.165, 1.54) is 11.1 Å². The first kappa shape index (κ1) is 13.9. The lowest BCUT2D eigenvalue weighted by Gasteiger charge is -2.26. The van der Waals surface area contributed by atoms with Gasteiger partial charge in [0.25, 0.3) is 0 Å². The Morgan fingerprint density at radius 2 is 2.32 bits per heavy atom. The molecule has 0 aromatic heterocycles. The fourth-order valence-electron chi connectivity index (χ4n) is 2.55. The lowest BCUT2D eigenvalue weighted by atomic mass is 9.87. The van der Waals surface area contributed by atoms with Crippen LogP contribution in [0.1, 0.15) is 36.9 Å². The van der Waals surface area contributed by atoms with Crippen molar-refractivity contribution in [1.29, 1.82) is 0 Å². The van der Waals surface area contributed by atoms with Gasteiger partial charge in [0.2, 0.25) is 0 Å². The Balaban J connectivity index is 2.03. The van der Waals surface area contributed by atoms with Crippen molar-refractivity contribution in [2.45, 2.75) is 32.2 Å². The van der Waals surface area contributed by atoms with E-state index >= 15 is 0 Å². The number of hydrogen-bond donors (Lipinski definition) is 1. The third kappa shape index (κ3) is 3.47. The normalized spacial score (nSPS) is 17.7. The maximum Gasteiger partial charge on any atom is 0.319 e. The topological polar surface area (TPSA) is 47.6 Å². The zero-order valence-corrected chi connectivity index (χ0v) is 11.6. The van der Waals surface area contributed by atoms with Gasteiger partial charge in [0, 0.05) is 6.04 Å². The molecule has 0 bridgehead atoms. The monoisotopic (exact) mass is 263 g/mol. The van der Waals surface area contributed by atoms with Crippen molar-refractivity contribution in [2.75, 3.05) is 20.3 Å². The maximum absolute atomic E-state index is 11.4. The zero-order valence-electron chi connectivity index (χ0n) is 11.6. The van der Waals surface area contributed by atoms with Crippen LogP contribution in [0.2, 0.25) is 0 Å². The summed E-state index contributed by atoms with van der Waals surface area (Å²) in [4.78, 5) is 11.4. The molecule has 1 unspecified atom stereocenters. The van der Waals surface area contributed by atoms with Crippen LogP contribution < -0.4 is 10.1 Å². The van der Waals surface area contributed by atoms with E-state index in [0.717, 1.165) is 25.0 Å². The van der Waals surface area contributed by atoms with E-state index in [4.69, 9.17) is 9.47 Å². The Bertz CT molecular complexity index is 445. The number of benzene rings is 1. The first-order valence-corrected chi connectivity index (χ1v) is 6.80. The minimum atomic E-state index is -0.192. The predicted molar refractivity (Wildman–Crippen MR) is 73.3 cm³/mol. The van der Waals surface area contributed by atoms with E-state index in [9.17, 15) is 4.79 Å². The number of methoxy groups -OCH3 is 1. The Morgan fingerprint density at radius 3 is 3.05 bits per heavy atom. The van der Waals surface area contributed by atoms with Crippen molar-refractivity contribution in [3.05, 3.63) is 29.3 Å². The first-order valence-electron chi connectivity index (χ1n) is 6.80. The van der Waals surface area contributed by atoms with Crippen molar-refractivity contribution in [1.82, 2.24) is 5.32 Å². The highest BCUT2D eigenvalue weighted by Crippen LogP contribution is 2.31. The summed E-state index contributed by atoms with van der Waals surface area (Å²) in [5.74, 6) is 0.702. The number of carbonyl (C=O) groups excluding carboxylic acids is 1. The number of fused-ring (bicyclic) bond motifs is 1. The molecule has 0 saturated heterocycles. The van der Waals surface area contributed by atoms with Gasteiger partial charge >= 0.3 is 5.97 Å².